The van der Waals surface area contributed by atoms with E-state index in [0.717, 1.165) is 10.9 Å². The van der Waals surface area contributed by atoms with Crippen molar-refractivity contribution in [3.05, 3.63) is 66.4 Å². The molecule has 1 unspecified atom stereocenters. The fourth-order valence-corrected chi connectivity index (χ4v) is 3.96. The van der Waals surface area contributed by atoms with Crippen molar-refractivity contribution in [3.63, 3.8) is 0 Å². The summed E-state index contributed by atoms with van der Waals surface area (Å²) >= 11 is 0. The number of nitrogens with zero attached hydrogens (tertiary/aromatic N) is 1. The average Bonchev–Trinajstić information content (AvgIpc) is 3.00. The minimum atomic E-state index is -3.67. The fraction of sp³-hybridized carbons (Fsp3) is 0.118. The Bertz CT molecular complexity index is 945. The van der Waals surface area contributed by atoms with Gasteiger partial charge in [-0.15, -0.1) is 0 Å². The number of ether oxygens (including phenoxy) is 1. The van der Waals surface area contributed by atoms with Crippen molar-refractivity contribution < 1.29 is 17.9 Å². The monoisotopic (exact) mass is 329 g/mol. The Hall–Kier alpha value is -2.60. The van der Waals surface area contributed by atoms with Crippen LogP contribution in [0.3, 0.4) is 0 Å². The summed E-state index contributed by atoms with van der Waals surface area (Å²) in [5.74, 6) is 0. The van der Waals surface area contributed by atoms with Crippen LogP contribution in [-0.2, 0) is 19.6 Å². The van der Waals surface area contributed by atoms with Gasteiger partial charge in [0.2, 0.25) is 0 Å². The first-order valence-corrected chi connectivity index (χ1v) is 8.49. The fourth-order valence-electron chi connectivity index (χ4n) is 2.59. The van der Waals surface area contributed by atoms with Gasteiger partial charge in [-0.2, -0.15) is 0 Å². The summed E-state index contributed by atoms with van der Waals surface area (Å²) in [6.45, 7) is 2.13. The number of rotatable bonds is 5. The Morgan fingerprint density at radius 2 is 1.78 bits per heavy atom. The van der Waals surface area contributed by atoms with Gasteiger partial charge in [-0.25, -0.2) is 12.4 Å². The zero-order valence-corrected chi connectivity index (χ0v) is 13.2. The van der Waals surface area contributed by atoms with Crippen molar-refractivity contribution >= 4 is 27.4 Å². The van der Waals surface area contributed by atoms with Crippen LogP contribution >= 0.6 is 0 Å². The Labute approximate surface area is 134 Å². The molecule has 0 amide bonds. The van der Waals surface area contributed by atoms with Crippen LogP contribution in [0.1, 0.15) is 18.6 Å². The van der Waals surface area contributed by atoms with Gasteiger partial charge >= 0.3 is 0 Å². The minimum absolute atomic E-state index is 0.222. The molecule has 6 heteroatoms. The molecule has 0 saturated carbocycles. The first-order valence-electron chi connectivity index (χ1n) is 7.05. The van der Waals surface area contributed by atoms with Crippen LogP contribution < -0.4 is 0 Å². The Kier molecular flexibility index (Phi) is 3.92. The highest BCUT2D eigenvalue weighted by Gasteiger charge is 2.20. The summed E-state index contributed by atoms with van der Waals surface area (Å²) in [5, 5.41) is 0.737. The molecular formula is C17H15NO4S. The molecule has 0 aliphatic heterocycles. The van der Waals surface area contributed by atoms with Gasteiger partial charge < -0.3 is 4.74 Å². The lowest BCUT2D eigenvalue weighted by molar-refractivity contribution is -0.133. The number of benzene rings is 2. The normalized spacial score (nSPS) is 12.9. The first-order chi connectivity index (χ1) is 11.1. The summed E-state index contributed by atoms with van der Waals surface area (Å²) in [4.78, 5) is 10.8. The quantitative estimate of drug-likeness (QED) is 0.675. The number of carbonyl (C=O) groups is 1. The van der Waals surface area contributed by atoms with E-state index in [-0.39, 0.29) is 4.90 Å². The lowest BCUT2D eigenvalue weighted by Gasteiger charge is -2.12. The lowest BCUT2D eigenvalue weighted by Crippen LogP contribution is -2.11. The van der Waals surface area contributed by atoms with Gasteiger partial charge in [0.15, 0.2) is 0 Å². The van der Waals surface area contributed by atoms with Crippen LogP contribution in [0.5, 0.6) is 0 Å². The SMILES string of the molecule is CC(OC=O)c1cccc2c1ccn2S(=O)(=O)c1ccccc1. The van der Waals surface area contributed by atoms with E-state index in [0.29, 0.717) is 12.0 Å². The number of hydrogen-bond donors (Lipinski definition) is 0. The van der Waals surface area contributed by atoms with Crippen molar-refractivity contribution in [2.24, 2.45) is 0 Å². The Morgan fingerprint density at radius 3 is 2.48 bits per heavy atom. The zero-order valence-electron chi connectivity index (χ0n) is 12.4. The van der Waals surface area contributed by atoms with E-state index in [1.165, 1.54) is 10.2 Å². The second-order valence-corrected chi connectivity index (χ2v) is 6.90. The Balaban J connectivity index is 2.18. The van der Waals surface area contributed by atoms with E-state index in [4.69, 9.17) is 4.74 Å². The van der Waals surface area contributed by atoms with Gasteiger partial charge in [0.1, 0.15) is 6.10 Å². The highest BCUT2D eigenvalue weighted by Crippen LogP contribution is 2.29. The van der Waals surface area contributed by atoms with E-state index in [1.54, 1.807) is 55.5 Å². The summed E-state index contributed by atoms with van der Waals surface area (Å²) in [5.41, 5.74) is 1.31. The third-order valence-corrected chi connectivity index (χ3v) is 5.43. The van der Waals surface area contributed by atoms with E-state index >= 15 is 0 Å². The van der Waals surface area contributed by atoms with Crippen LogP contribution in [0.25, 0.3) is 10.9 Å². The predicted octanol–water partition coefficient (Wildman–Crippen LogP) is 3.11. The van der Waals surface area contributed by atoms with Gasteiger partial charge in [-0.05, 0) is 31.2 Å². The maximum atomic E-state index is 12.8. The van der Waals surface area contributed by atoms with Crippen LogP contribution in [-0.4, -0.2) is 18.9 Å². The second kappa shape index (κ2) is 5.89. The third kappa shape index (κ3) is 2.61. The smallest absolute Gasteiger partial charge is 0.293 e. The standard InChI is InChI=1S/C17H15NO4S/c1-13(22-12-19)15-8-5-9-17-16(15)10-11-18(17)23(20,21)14-6-3-2-4-7-14/h2-13H,1H3. The van der Waals surface area contributed by atoms with E-state index in [9.17, 15) is 13.2 Å². The van der Waals surface area contributed by atoms with E-state index in [1.807, 2.05) is 6.07 Å². The minimum Gasteiger partial charge on any atom is -0.460 e. The maximum absolute atomic E-state index is 12.8. The molecule has 0 saturated heterocycles. The van der Waals surface area contributed by atoms with Crippen LogP contribution in [0.4, 0.5) is 0 Å². The summed E-state index contributed by atoms with van der Waals surface area (Å²) < 4.78 is 31.8. The average molecular weight is 329 g/mol. The largest absolute Gasteiger partial charge is 0.460 e. The summed E-state index contributed by atoms with van der Waals surface area (Å²) in [7, 11) is -3.67. The van der Waals surface area contributed by atoms with Crippen LogP contribution in [0, 0.1) is 0 Å². The zero-order chi connectivity index (χ0) is 16.4. The van der Waals surface area contributed by atoms with E-state index < -0.39 is 16.1 Å². The molecule has 1 atom stereocenters. The first kappa shape index (κ1) is 15.3. The van der Waals surface area contributed by atoms with Crippen LogP contribution in [0.2, 0.25) is 0 Å². The molecular weight excluding hydrogens is 314 g/mol. The van der Waals surface area contributed by atoms with Crippen molar-refractivity contribution in [3.8, 4) is 0 Å². The Morgan fingerprint density at radius 1 is 1.04 bits per heavy atom. The van der Waals surface area contributed by atoms with Gasteiger partial charge in [-0.1, -0.05) is 30.3 Å². The molecule has 0 N–H and O–H groups in total. The highest BCUT2D eigenvalue weighted by atomic mass is 32.2. The van der Waals surface area contributed by atoms with Crippen molar-refractivity contribution in [1.82, 2.24) is 3.97 Å². The molecule has 118 valence electrons. The molecule has 5 nitrogen and oxygen atoms in total. The van der Waals surface area contributed by atoms with Crippen molar-refractivity contribution in [1.29, 1.82) is 0 Å². The number of aromatic nitrogens is 1. The summed E-state index contributed by atoms with van der Waals surface area (Å²) in [6.07, 6.45) is 1.07. The molecule has 1 aromatic heterocycles. The lowest BCUT2D eigenvalue weighted by atomic mass is 10.1. The molecule has 0 aliphatic carbocycles. The highest BCUT2D eigenvalue weighted by molar-refractivity contribution is 7.90. The molecule has 3 rings (SSSR count). The molecule has 0 bridgehead atoms. The van der Waals surface area contributed by atoms with Crippen molar-refractivity contribution in [2.45, 2.75) is 17.9 Å². The molecule has 1 heterocycles. The second-order valence-electron chi connectivity index (χ2n) is 5.08. The number of carbonyl (C=O) groups excluding carboxylic acids is 1. The summed E-state index contributed by atoms with van der Waals surface area (Å²) in [6, 6.07) is 15.3. The molecule has 0 aliphatic rings. The topological polar surface area (TPSA) is 65.4 Å². The van der Waals surface area contributed by atoms with E-state index in [2.05, 4.69) is 0 Å². The number of hydrogen-bond acceptors (Lipinski definition) is 4. The predicted molar refractivity (Wildman–Crippen MR) is 86.5 cm³/mol. The molecule has 0 radical (unpaired) electrons. The van der Waals surface area contributed by atoms with Gasteiger partial charge in [0, 0.05) is 17.1 Å². The van der Waals surface area contributed by atoms with Gasteiger partial charge in [0.05, 0.1) is 10.4 Å². The molecule has 0 spiro atoms. The van der Waals surface area contributed by atoms with Crippen molar-refractivity contribution in [2.75, 3.05) is 0 Å². The molecule has 0 fully saturated rings. The maximum Gasteiger partial charge on any atom is 0.293 e. The molecule has 2 aromatic carbocycles. The molecule has 3 aromatic rings. The third-order valence-electron chi connectivity index (χ3n) is 3.73. The van der Waals surface area contributed by atoms with Gasteiger partial charge in [0.25, 0.3) is 16.5 Å². The molecule has 23 heavy (non-hydrogen) atoms. The number of fused-ring (bicyclic) bond motifs is 1. The van der Waals surface area contributed by atoms with Gasteiger partial charge in [-0.3, -0.25) is 4.79 Å². The van der Waals surface area contributed by atoms with Crippen LogP contribution in [0.15, 0.2) is 65.7 Å².